The van der Waals surface area contributed by atoms with Crippen LogP contribution in [0.2, 0.25) is 5.54 Å². The molecule has 0 saturated carbocycles. The van der Waals surface area contributed by atoms with Crippen LogP contribution in [0.4, 0.5) is 0 Å². The summed E-state index contributed by atoms with van der Waals surface area (Å²) in [6, 6.07) is 13.5. The molecule has 3 amide bonds. The molecule has 5 rings (SSSR count). The van der Waals surface area contributed by atoms with Crippen molar-refractivity contribution >= 4 is 38.7 Å². The second-order valence-corrected chi connectivity index (χ2v) is 17.4. The van der Waals surface area contributed by atoms with E-state index in [-0.39, 0.29) is 39.6 Å². The number of nitrogens with one attached hydrogen (secondary N) is 2. The number of aryl methyl sites for hydroxylation is 2. The van der Waals surface area contributed by atoms with E-state index >= 15 is 0 Å². The van der Waals surface area contributed by atoms with Crippen molar-refractivity contribution in [3.63, 3.8) is 0 Å². The second-order valence-electron chi connectivity index (χ2n) is 15.0. The first-order valence-corrected chi connectivity index (χ1v) is 21.2. The summed E-state index contributed by atoms with van der Waals surface area (Å²) >= 11 is 1.61. The topological polar surface area (TPSA) is 128 Å². The zero-order valence-corrected chi connectivity index (χ0v) is 34.1. The quantitative estimate of drug-likeness (QED) is 0.107. The van der Waals surface area contributed by atoms with Crippen LogP contribution in [0.1, 0.15) is 82.5 Å². The van der Waals surface area contributed by atoms with E-state index in [1.165, 1.54) is 5.56 Å². The molecular weight excluding hydrogens is 721 g/mol. The highest BCUT2D eigenvalue weighted by Crippen LogP contribution is 2.30. The Bertz CT molecular complexity index is 1660. The van der Waals surface area contributed by atoms with Gasteiger partial charge < -0.3 is 34.1 Å². The Kier molecular flexibility index (Phi) is 15.9. The number of amides is 3. The normalized spacial score (nSPS) is 16.2. The molecule has 2 N–H and O–H groups in total. The lowest BCUT2D eigenvalue weighted by molar-refractivity contribution is -0.137. The van der Waals surface area contributed by atoms with Gasteiger partial charge in [0.15, 0.2) is 9.68 Å². The molecule has 2 aliphatic heterocycles. The molecular formula is C41H56N4O7SSi. The van der Waals surface area contributed by atoms with E-state index in [9.17, 15) is 14.4 Å². The van der Waals surface area contributed by atoms with Crippen LogP contribution >= 0.6 is 11.3 Å². The fraction of sp³-hybridized carbons (Fsp3) is 0.561. The molecule has 54 heavy (non-hydrogen) atoms. The van der Waals surface area contributed by atoms with Gasteiger partial charge in [-0.1, -0.05) is 45.0 Å². The van der Waals surface area contributed by atoms with E-state index < -0.39 is 11.5 Å². The van der Waals surface area contributed by atoms with Crippen LogP contribution in [0.5, 0.6) is 11.5 Å². The van der Waals surface area contributed by atoms with Gasteiger partial charge in [0.2, 0.25) is 17.7 Å². The Labute approximate surface area is 326 Å². The molecule has 1 fully saturated rings. The van der Waals surface area contributed by atoms with Gasteiger partial charge in [0.05, 0.1) is 34.8 Å². The molecule has 2 radical (unpaired) electrons. The van der Waals surface area contributed by atoms with Crippen molar-refractivity contribution in [3.05, 3.63) is 64.8 Å². The molecule has 3 heterocycles. The van der Waals surface area contributed by atoms with E-state index in [2.05, 4.69) is 33.8 Å². The third kappa shape index (κ3) is 12.6. The summed E-state index contributed by atoms with van der Waals surface area (Å²) in [7, 11) is 0.0158. The molecule has 292 valence electrons. The smallest absolute Gasteiger partial charge is 0.246 e. The minimum absolute atomic E-state index is 0.0158. The minimum atomic E-state index is -0.732. The van der Waals surface area contributed by atoms with Crippen molar-refractivity contribution < 1.29 is 33.3 Å². The molecule has 0 spiro atoms. The number of unbranched alkanes of at least 4 members (excludes halogenated alkanes) is 2. The van der Waals surface area contributed by atoms with Crippen molar-refractivity contribution in [1.29, 1.82) is 0 Å². The Morgan fingerprint density at radius 3 is 2.56 bits per heavy atom. The molecule has 2 aromatic carbocycles. The Balaban J connectivity index is 0.930. The lowest BCUT2D eigenvalue weighted by atomic mass is 9.86. The van der Waals surface area contributed by atoms with Crippen molar-refractivity contribution in [3.8, 4) is 21.9 Å². The molecule has 1 aromatic heterocycles. The summed E-state index contributed by atoms with van der Waals surface area (Å²) in [5.41, 5.74) is 5.41. The number of hydrogen-bond acceptors (Lipinski definition) is 9. The van der Waals surface area contributed by atoms with E-state index in [4.69, 9.17) is 18.9 Å². The van der Waals surface area contributed by atoms with Crippen LogP contribution in [-0.4, -0.2) is 89.2 Å². The number of aromatic nitrogens is 1. The van der Waals surface area contributed by atoms with E-state index in [0.717, 1.165) is 84.7 Å². The summed E-state index contributed by atoms with van der Waals surface area (Å²) in [4.78, 5) is 45.3. The molecule has 11 nitrogen and oxygen atoms in total. The van der Waals surface area contributed by atoms with Crippen LogP contribution in [-0.2, 0) is 36.8 Å². The van der Waals surface area contributed by atoms with Gasteiger partial charge in [0, 0.05) is 32.9 Å². The fourth-order valence-corrected chi connectivity index (χ4v) is 8.72. The lowest BCUT2D eigenvalue weighted by Crippen LogP contribution is -2.58. The van der Waals surface area contributed by atoms with Gasteiger partial charge in [0.25, 0.3) is 0 Å². The SMILES string of the molecule is Cc1ncsc1-c1ccc(CNC(=O)[C@@H]2CCCN(C(=O)[C@@H](NC(=O)COCCCOCCCCCOc3ccc4c(c3)CCCO4)C(C)(C)C)[Si]2)cc1. The Morgan fingerprint density at radius 1 is 1.00 bits per heavy atom. The first kappa shape index (κ1) is 41.4. The lowest BCUT2D eigenvalue weighted by Gasteiger charge is -2.38. The predicted molar refractivity (Wildman–Crippen MR) is 212 cm³/mol. The number of ether oxygens (including phenoxy) is 4. The summed E-state index contributed by atoms with van der Waals surface area (Å²) in [6.07, 6.45) is 7.17. The third-order valence-corrected chi connectivity index (χ3v) is 12.1. The average molecular weight is 777 g/mol. The second kappa shape index (κ2) is 20.8. The standard InChI is InChI=1S/C41H56N4O7SSi/c1-29-37(53-28-43-29)31-15-13-30(14-16-31)26-42-39(47)35-12-8-19-45(54-35)40(48)38(41(2,3)4)44-36(46)27-50-22-10-21-49-20-6-5-7-23-51-33-17-18-34-32(25-33)11-9-24-52-34/h13-18,25,28,35,38H,5-12,19-24,26-27H2,1-4H3,(H,42,47)(H,44,46)/t35-,38+/m0/s1. The van der Waals surface area contributed by atoms with E-state index in [1.54, 1.807) is 15.9 Å². The van der Waals surface area contributed by atoms with Crippen LogP contribution in [0.25, 0.3) is 10.4 Å². The van der Waals surface area contributed by atoms with Gasteiger partial charge in [-0.05, 0) is 98.6 Å². The number of benzene rings is 2. The molecule has 1 saturated heterocycles. The number of rotatable bonds is 19. The number of hydrogen-bond donors (Lipinski definition) is 2. The molecule has 13 heteroatoms. The predicted octanol–water partition coefficient (Wildman–Crippen LogP) is 6.29. The van der Waals surface area contributed by atoms with Crippen molar-refractivity contribution in [1.82, 2.24) is 20.2 Å². The van der Waals surface area contributed by atoms with Crippen molar-refractivity contribution in [2.75, 3.05) is 46.2 Å². The van der Waals surface area contributed by atoms with Gasteiger partial charge >= 0.3 is 0 Å². The Morgan fingerprint density at radius 2 is 1.78 bits per heavy atom. The summed E-state index contributed by atoms with van der Waals surface area (Å²) in [5, 5.41) is 5.99. The number of thiazole rings is 1. The van der Waals surface area contributed by atoms with E-state index in [0.29, 0.717) is 45.9 Å². The number of nitrogens with zero attached hydrogens (tertiary/aromatic N) is 2. The zero-order chi connectivity index (χ0) is 38.3. The highest BCUT2D eigenvalue weighted by atomic mass is 32.1. The molecule has 0 aliphatic carbocycles. The molecule has 2 aliphatic rings. The molecule has 2 atom stereocenters. The van der Waals surface area contributed by atoms with Gasteiger partial charge in [-0.15, -0.1) is 11.3 Å². The van der Waals surface area contributed by atoms with Crippen LogP contribution in [0.3, 0.4) is 0 Å². The Hall–Kier alpha value is -3.78. The maximum absolute atomic E-state index is 13.8. The molecule has 3 aromatic rings. The van der Waals surface area contributed by atoms with Crippen molar-refractivity contribution in [2.24, 2.45) is 5.41 Å². The molecule has 0 unspecified atom stereocenters. The zero-order valence-electron chi connectivity index (χ0n) is 32.2. The third-order valence-electron chi connectivity index (χ3n) is 9.51. The number of fused-ring (bicyclic) bond motifs is 1. The van der Waals surface area contributed by atoms with Gasteiger partial charge in [0.1, 0.15) is 24.1 Å². The first-order chi connectivity index (χ1) is 26.1. The summed E-state index contributed by atoms with van der Waals surface area (Å²) in [6.45, 7) is 11.8. The van der Waals surface area contributed by atoms with Gasteiger partial charge in [-0.3, -0.25) is 14.4 Å². The summed E-state index contributed by atoms with van der Waals surface area (Å²) in [5.74, 6) is 1.34. The monoisotopic (exact) mass is 776 g/mol. The van der Waals surface area contributed by atoms with Gasteiger partial charge in [-0.2, -0.15) is 0 Å². The minimum Gasteiger partial charge on any atom is -0.494 e. The maximum atomic E-state index is 13.8. The van der Waals surface area contributed by atoms with Crippen molar-refractivity contribution in [2.45, 2.75) is 97.2 Å². The highest BCUT2D eigenvalue weighted by Gasteiger charge is 2.38. The summed E-state index contributed by atoms with van der Waals surface area (Å²) < 4.78 is 24.7. The number of carbonyl (C=O) groups excluding carboxylic acids is 3. The van der Waals surface area contributed by atoms with Crippen LogP contribution < -0.4 is 20.1 Å². The van der Waals surface area contributed by atoms with Crippen LogP contribution in [0, 0.1) is 12.3 Å². The fourth-order valence-electron chi connectivity index (χ4n) is 6.44. The molecule has 0 bridgehead atoms. The highest BCUT2D eigenvalue weighted by molar-refractivity contribution is 7.13. The van der Waals surface area contributed by atoms with Gasteiger partial charge in [-0.25, -0.2) is 4.98 Å². The maximum Gasteiger partial charge on any atom is 0.246 e. The largest absolute Gasteiger partial charge is 0.494 e. The number of carbonyl (C=O) groups is 3. The first-order valence-electron chi connectivity index (χ1n) is 19.3. The van der Waals surface area contributed by atoms with E-state index in [1.807, 2.05) is 57.5 Å². The van der Waals surface area contributed by atoms with Crippen LogP contribution in [0.15, 0.2) is 48.0 Å². The average Bonchev–Trinajstić information content (AvgIpc) is 3.61.